The van der Waals surface area contributed by atoms with Crippen LogP contribution in [0.4, 0.5) is 25.8 Å². The van der Waals surface area contributed by atoms with Crippen molar-refractivity contribution in [1.82, 2.24) is 9.47 Å². The second-order valence-corrected chi connectivity index (χ2v) is 12.0. The Labute approximate surface area is 259 Å². The molecule has 3 aliphatic heterocycles. The van der Waals surface area contributed by atoms with E-state index in [2.05, 4.69) is 27.2 Å². The maximum Gasteiger partial charge on any atom is 0.261 e. The third-order valence-corrected chi connectivity index (χ3v) is 9.19. The molecule has 45 heavy (non-hydrogen) atoms. The molecular formula is C35H33F2N5O3. The standard InChI is InChI=1S/C35H33F2N5O3/c36-27-8-4-9-28(37)33(27)34(44)38-29-19-24(35(45)40-16-14-39(15-17-40)26-6-2-1-3-7-26)12-13-31(29)41-20-23-18-25(22-41)30-10-5-11-32(43)42(30)21-23/h1-13,19,23,25H,14-18,20-22H2,(H,38,44). The number of para-hydroxylation sites is 1. The normalized spacial score (nSPS) is 19.2. The predicted octanol–water partition coefficient (Wildman–Crippen LogP) is 4.96. The van der Waals surface area contributed by atoms with E-state index in [1.807, 2.05) is 28.8 Å². The maximum atomic E-state index is 14.6. The molecule has 2 fully saturated rings. The monoisotopic (exact) mass is 609 g/mol. The second-order valence-electron chi connectivity index (χ2n) is 12.0. The van der Waals surface area contributed by atoms with E-state index in [4.69, 9.17) is 0 Å². The van der Waals surface area contributed by atoms with Crippen molar-refractivity contribution in [2.24, 2.45) is 5.92 Å². The lowest BCUT2D eigenvalue weighted by atomic mass is 9.83. The largest absolute Gasteiger partial charge is 0.369 e. The second kappa shape index (κ2) is 11.8. The van der Waals surface area contributed by atoms with Crippen molar-refractivity contribution < 1.29 is 18.4 Å². The lowest BCUT2D eigenvalue weighted by Gasteiger charge is -2.44. The first-order valence-electron chi connectivity index (χ1n) is 15.3. The Hall–Kier alpha value is -4.99. The average Bonchev–Trinajstić information content (AvgIpc) is 3.05. The Morgan fingerprint density at radius 3 is 2.24 bits per heavy atom. The molecule has 2 bridgehead atoms. The van der Waals surface area contributed by atoms with Gasteiger partial charge in [0.25, 0.3) is 17.4 Å². The molecule has 2 saturated heterocycles. The number of fused-ring (bicyclic) bond motifs is 4. The van der Waals surface area contributed by atoms with Crippen LogP contribution in [0.2, 0.25) is 0 Å². The number of hydrogen-bond donors (Lipinski definition) is 1. The SMILES string of the molecule is O=C(Nc1cc(C(=O)N2CCN(c3ccccc3)CC2)ccc1N1CC2CC(C1)c1cccc(=O)n1C2)c1c(F)cccc1F. The summed E-state index contributed by atoms with van der Waals surface area (Å²) in [7, 11) is 0. The van der Waals surface area contributed by atoms with Crippen molar-refractivity contribution in [2.45, 2.75) is 18.9 Å². The van der Waals surface area contributed by atoms with E-state index in [-0.39, 0.29) is 23.3 Å². The minimum absolute atomic E-state index is 0.0111. The smallest absolute Gasteiger partial charge is 0.261 e. The summed E-state index contributed by atoms with van der Waals surface area (Å²) in [5.74, 6) is -2.74. The highest BCUT2D eigenvalue weighted by atomic mass is 19.1. The lowest BCUT2D eigenvalue weighted by Crippen LogP contribution is -2.49. The maximum absolute atomic E-state index is 14.6. The summed E-state index contributed by atoms with van der Waals surface area (Å²) in [6, 6.07) is 23.9. The number of carbonyl (C=O) groups excluding carboxylic acids is 2. The summed E-state index contributed by atoms with van der Waals surface area (Å²) >= 11 is 0. The van der Waals surface area contributed by atoms with Gasteiger partial charge in [0, 0.05) is 74.7 Å². The van der Waals surface area contributed by atoms with Gasteiger partial charge >= 0.3 is 0 Å². The lowest BCUT2D eigenvalue weighted by molar-refractivity contribution is 0.0746. The summed E-state index contributed by atoms with van der Waals surface area (Å²) in [6.45, 7) is 4.25. The van der Waals surface area contributed by atoms with Gasteiger partial charge in [0.05, 0.1) is 11.4 Å². The van der Waals surface area contributed by atoms with Gasteiger partial charge in [-0.15, -0.1) is 0 Å². The topological polar surface area (TPSA) is 77.9 Å². The zero-order chi connectivity index (χ0) is 31.1. The van der Waals surface area contributed by atoms with Gasteiger partial charge in [0.15, 0.2) is 0 Å². The number of nitrogens with one attached hydrogen (secondary N) is 1. The minimum Gasteiger partial charge on any atom is -0.369 e. The highest BCUT2D eigenvalue weighted by Crippen LogP contribution is 2.39. The molecule has 0 saturated carbocycles. The summed E-state index contributed by atoms with van der Waals surface area (Å²) < 4.78 is 31.0. The molecule has 2 atom stereocenters. The van der Waals surface area contributed by atoms with Crippen molar-refractivity contribution >= 4 is 28.9 Å². The van der Waals surface area contributed by atoms with E-state index >= 15 is 0 Å². The molecular weight excluding hydrogens is 576 g/mol. The number of aromatic nitrogens is 1. The zero-order valence-electron chi connectivity index (χ0n) is 24.7. The number of benzene rings is 3. The molecule has 4 heterocycles. The number of piperazine rings is 1. The van der Waals surface area contributed by atoms with Crippen LogP contribution in [-0.4, -0.2) is 60.5 Å². The third kappa shape index (κ3) is 5.56. The Morgan fingerprint density at radius 1 is 0.756 bits per heavy atom. The van der Waals surface area contributed by atoms with Gasteiger partial charge in [-0.25, -0.2) is 8.78 Å². The molecule has 1 aromatic heterocycles. The van der Waals surface area contributed by atoms with E-state index in [0.29, 0.717) is 62.8 Å². The van der Waals surface area contributed by atoms with E-state index in [9.17, 15) is 23.2 Å². The first-order valence-corrected chi connectivity index (χ1v) is 15.3. The molecule has 230 valence electrons. The number of carbonyl (C=O) groups is 2. The number of rotatable bonds is 5. The van der Waals surface area contributed by atoms with Gasteiger partial charge in [-0.05, 0) is 60.9 Å². The first kappa shape index (κ1) is 28.8. The fourth-order valence-electron chi connectivity index (χ4n) is 7.03. The minimum atomic E-state index is -0.966. The van der Waals surface area contributed by atoms with Gasteiger partial charge in [0.2, 0.25) is 0 Å². The summed E-state index contributed by atoms with van der Waals surface area (Å²) in [4.78, 5) is 45.7. The highest BCUT2D eigenvalue weighted by Gasteiger charge is 2.36. The number of piperidine rings is 1. The summed E-state index contributed by atoms with van der Waals surface area (Å²) in [5.41, 5.74) is 2.74. The van der Waals surface area contributed by atoms with Gasteiger partial charge in [-0.1, -0.05) is 30.3 Å². The number of anilines is 3. The Morgan fingerprint density at radius 2 is 1.49 bits per heavy atom. The van der Waals surface area contributed by atoms with Crippen LogP contribution >= 0.6 is 0 Å². The number of amides is 2. The van der Waals surface area contributed by atoms with Crippen LogP contribution in [0, 0.1) is 17.6 Å². The first-order chi connectivity index (χ1) is 21.9. The quantitative estimate of drug-likeness (QED) is 0.346. The molecule has 3 aliphatic rings. The van der Waals surface area contributed by atoms with Gasteiger partial charge in [-0.3, -0.25) is 14.4 Å². The Kier molecular flexibility index (Phi) is 7.56. The molecule has 1 N–H and O–H groups in total. The van der Waals surface area contributed by atoms with Crippen LogP contribution < -0.4 is 20.7 Å². The molecule has 0 aliphatic carbocycles. The van der Waals surface area contributed by atoms with E-state index < -0.39 is 23.1 Å². The fourth-order valence-corrected chi connectivity index (χ4v) is 7.03. The molecule has 0 radical (unpaired) electrons. The van der Waals surface area contributed by atoms with E-state index in [1.54, 1.807) is 35.2 Å². The zero-order valence-corrected chi connectivity index (χ0v) is 24.7. The van der Waals surface area contributed by atoms with E-state index in [0.717, 1.165) is 29.9 Å². The molecule has 4 aromatic rings. The number of hydrogen-bond acceptors (Lipinski definition) is 5. The molecule has 2 amide bonds. The highest BCUT2D eigenvalue weighted by molar-refractivity contribution is 6.07. The van der Waals surface area contributed by atoms with Crippen molar-refractivity contribution in [1.29, 1.82) is 0 Å². The van der Waals surface area contributed by atoms with E-state index in [1.165, 1.54) is 6.07 Å². The van der Waals surface area contributed by atoms with Gasteiger partial charge < -0.3 is 24.6 Å². The van der Waals surface area contributed by atoms with Crippen molar-refractivity contribution in [3.63, 3.8) is 0 Å². The van der Waals surface area contributed by atoms with Crippen LogP contribution in [0.15, 0.2) is 89.7 Å². The molecule has 8 nitrogen and oxygen atoms in total. The van der Waals surface area contributed by atoms with Crippen LogP contribution in [0.3, 0.4) is 0 Å². The van der Waals surface area contributed by atoms with Crippen LogP contribution in [-0.2, 0) is 6.54 Å². The molecule has 0 spiro atoms. The fraction of sp³-hybridized carbons (Fsp3) is 0.286. The van der Waals surface area contributed by atoms with Gasteiger partial charge in [-0.2, -0.15) is 0 Å². The van der Waals surface area contributed by atoms with Crippen LogP contribution in [0.25, 0.3) is 0 Å². The predicted molar refractivity (Wildman–Crippen MR) is 169 cm³/mol. The van der Waals surface area contributed by atoms with Crippen molar-refractivity contribution in [3.05, 3.63) is 124 Å². The number of halogens is 2. The van der Waals surface area contributed by atoms with Crippen LogP contribution in [0.5, 0.6) is 0 Å². The summed E-state index contributed by atoms with van der Waals surface area (Å²) in [6.07, 6.45) is 0.938. The molecule has 10 heteroatoms. The Balaban J connectivity index is 1.18. The Bertz CT molecular complexity index is 1800. The molecule has 7 rings (SSSR count). The number of pyridine rings is 1. The van der Waals surface area contributed by atoms with Gasteiger partial charge in [0.1, 0.15) is 17.2 Å². The van der Waals surface area contributed by atoms with Crippen molar-refractivity contribution in [2.75, 3.05) is 54.4 Å². The van der Waals surface area contributed by atoms with Crippen LogP contribution in [0.1, 0.15) is 38.7 Å². The summed E-state index contributed by atoms with van der Waals surface area (Å²) in [5, 5.41) is 2.73. The number of nitrogens with zero attached hydrogens (tertiary/aromatic N) is 4. The average molecular weight is 610 g/mol. The molecule has 3 aromatic carbocycles. The molecule has 2 unspecified atom stereocenters. The van der Waals surface area contributed by atoms with Crippen molar-refractivity contribution in [3.8, 4) is 0 Å². The third-order valence-electron chi connectivity index (χ3n) is 9.19.